The fourth-order valence-corrected chi connectivity index (χ4v) is 6.78. The van der Waals surface area contributed by atoms with Crippen molar-refractivity contribution in [2.45, 2.75) is 23.4 Å². The van der Waals surface area contributed by atoms with Crippen LogP contribution in [-0.2, 0) is 24.3 Å². The highest BCUT2D eigenvalue weighted by atomic mass is 32.2. The molecular formula is C15H13NO5S. The molecule has 22 heavy (non-hydrogen) atoms. The Kier molecular flexibility index (Phi) is 2.19. The van der Waals surface area contributed by atoms with Gasteiger partial charge in [0.2, 0.25) is 10.0 Å². The molecule has 2 aliphatic carbocycles. The van der Waals surface area contributed by atoms with Crippen LogP contribution in [0.2, 0.25) is 0 Å². The third kappa shape index (κ3) is 1.32. The van der Waals surface area contributed by atoms with Crippen molar-refractivity contribution in [2.75, 3.05) is 0 Å². The molecule has 0 amide bonds. The van der Waals surface area contributed by atoms with Crippen molar-refractivity contribution in [3.05, 3.63) is 30.3 Å². The van der Waals surface area contributed by atoms with Gasteiger partial charge in [0.1, 0.15) is 0 Å². The molecule has 114 valence electrons. The van der Waals surface area contributed by atoms with Gasteiger partial charge in [0, 0.05) is 12.1 Å². The van der Waals surface area contributed by atoms with Gasteiger partial charge in [-0.25, -0.2) is 8.42 Å². The summed E-state index contributed by atoms with van der Waals surface area (Å²) in [5, 5.41) is 0. The molecule has 4 aliphatic rings. The number of ether oxygens (including phenoxy) is 1. The van der Waals surface area contributed by atoms with Crippen molar-refractivity contribution >= 4 is 22.0 Å². The molecule has 2 aliphatic heterocycles. The molecule has 7 atom stereocenters. The highest BCUT2D eigenvalue weighted by molar-refractivity contribution is 7.89. The predicted molar refractivity (Wildman–Crippen MR) is 72.7 cm³/mol. The van der Waals surface area contributed by atoms with Crippen molar-refractivity contribution in [1.29, 1.82) is 0 Å². The lowest BCUT2D eigenvalue weighted by Gasteiger charge is -2.15. The Morgan fingerprint density at radius 1 is 0.955 bits per heavy atom. The lowest BCUT2D eigenvalue weighted by molar-refractivity contribution is -0.155. The second kappa shape index (κ2) is 3.78. The average Bonchev–Trinajstić information content (AvgIpc) is 2.85. The summed E-state index contributed by atoms with van der Waals surface area (Å²) in [6.07, 6.45) is 0.756. The van der Waals surface area contributed by atoms with E-state index < -0.39 is 33.8 Å². The molecule has 2 saturated heterocycles. The van der Waals surface area contributed by atoms with Gasteiger partial charge in [-0.3, -0.25) is 9.59 Å². The van der Waals surface area contributed by atoms with Gasteiger partial charge in [0.25, 0.3) is 0 Å². The molecule has 0 aromatic heterocycles. The smallest absolute Gasteiger partial charge is 0.317 e. The molecule has 2 saturated carbocycles. The van der Waals surface area contributed by atoms with Crippen LogP contribution in [0, 0.1) is 23.7 Å². The third-order valence-electron chi connectivity index (χ3n) is 5.64. The first kappa shape index (κ1) is 12.8. The molecule has 6 nitrogen and oxygen atoms in total. The summed E-state index contributed by atoms with van der Waals surface area (Å²) in [7, 11) is -3.55. The van der Waals surface area contributed by atoms with Crippen LogP contribution in [0.3, 0.4) is 0 Å². The van der Waals surface area contributed by atoms with Gasteiger partial charge >= 0.3 is 11.9 Å². The number of rotatable bonds is 2. The average molecular weight is 319 g/mol. The summed E-state index contributed by atoms with van der Waals surface area (Å²) in [6.45, 7) is 0. The molecule has 2 bridgehead atoms. The Morgan fingerprint density at radius 2 is 1.50 bits per heavy atom. The van der Waals surface area contributed by atoms with Gasteiger partial charge in [-0.2, -0.15) is 4.31 Å². The number of hydrogen-bond acceptors (Lipinski definition) is 5. The maximum Gasteiger partial charge on any atom is 0.317 e. The number of esters is 2. The van der Waals surface area contributed by atoms with E-state index in [1.807, 2.05) is 0 Å². The fraction of sp³-hybridized carbons (Fsp3) is 0.467. The number of hydrogen-bond donors (Lipinski definition) is 0. The molecule has 7 heteroatoms. The van der Waals surface area contributed by atoms with E-state index in [4.69, 9.17) is 4.74 Å². The van der Waals surface area contributed by atoms with Crippen molar-refractivity contribution in [2.24, 2.45) is 23.7 Å². The van der Waals surface area contributed by atoms with E-state index >= 15 is 0 Å². The van der Waals surface area contributed by atoms with E-state index in [1.165, 1.54) is 4.31 Å². The minimum atomic E-state index is -3.55. The number of cyclic esters (lactones) is 2. The van der Waals surface area contributed by atoms with Crippen LogP contribution >= 0.6 is 0 Å². The number of sulfonamides is 1. The zero-order valence-electron chi connectivity index (χ0n) is 11.5. The molecule has 5 unspecified atom stereocenters. The number of carbonyl (C=O) groups excluding carboxylic acids is 2. The lowest BCUT2D eigenvalue weighted by atomic mass is 9.81. The van der Waals surface area contributed by atoms with E-state index in [9.17, 15) is 18.0 Å². The predicted octanol–water partition coefficient (Wildman–Crippen LogP) is 0.394. The number of nitrogens with zero attached hydrogens (tertiary/aromatic N) is 1. The van der Waals surface area contributed by atoms with Crippen molar-refractivity contribution < 1.29 is 22.7 Å². The first-order chi connectivity index (χ1) is 10.5. The molecule has 0 radical (unpaired) electrons. The normalized spacial score (nSPS) is 44.6. The summed E-state index contributed by atoms with van der Waals surface area (Å²) in [4.78, 5) is 23.9. The standard InChI is InChI=1S/C15H13NO5S/c17-14-10-8-6-9(11(10)15(18)21-14)13-12(8)16(13)22(19,20)7-4-2-1-3-5-7/h1-5,8-13H,6H2/t8-,9+,10?,11?,12?,13?,16?. The van der Waals surface area contributed by atoms with Crippen LogP contribution in [0.4, 0.5) is 0 Å². The first-order valence-electron chi connectivity index (χ1n) is 7.36. The maximum absolute atomic E-state index is 12.7. The van der Waals surface area contributed by atoms with Gasteiger partial charge in [0.15, 0.2) is 0 Å². The number of fused-ring (bicyclic) bond motifs is 8. The van der Waals surface area contributed by atoms with Crippen LogP contribution in [0.5, 0.6) is 0 Å². The monoisotopic (exact) mass is 319 g/mol. The Morgan fingerprint density at radius 3 is 2.05 bits per heavy atom. The van der Waals surface area contributed by atoms with Crippen molar-refractivity contribution in [3.63, 3.8) is 0 Å². The molecule has 2 heterocycles. The highest BCUT2D eigenvalue weighted by Gasteiger charge is 2.78. The fourth-order valence-electron chi connectivity index (χ4n) is 4.89. The lowest BCUT2D eigenvalue weighted by Crippen LogP contribution is -2.29. The summed E-state index contributed by atoms with van der Waals surface area (Å²) in [5.74, 6) is -1.95. The molecule has 0 N–H and O–H groups in total. The molecule has 0 spiro atoms. The van der Waals surface area contributed by atoms with E-state index in [0.717, 1.165) is 6.42 Å². The van der Waals surface area contributed by atoms with E-state index in [1.54, 1.807) is 30.3 Å². The molecule has 5 rings (SSSR count). The number of piperidine rings is 1. The third-order valence-corrected chi connectivity index (χ3v) is 7.55. The molecular weight excluding hydrogens is 306 g/mol. The van der Waals surface area contributed by atoms with E-state index in [0.29, 0.717) is 0 Å². The van der Waals surface area contributed by atoms with Crippen LogP contribution in [0.1, 0.15) is 6.42 Å². The van der Waals surface area contributed by atoms with Gasteiger partial charge in [-0.15, -0.1) is 0 Å². The minimum absolute atomic E-state index is 0.0718. The minimum Gasteiger partial charge on any atom is -0.393 e. The molecule has 4 fully saturated rings. The zero-order valence-corrected chi connectivity index (χ0v) is 12.3. The Bertz CT molecular complexity index is 772. The number of carbonyl (C=O) groups is 2. The van der Waals surface area contributed by atoms with Gasteiger partial charge in [-0.1, -0.05) is 18.2 Å². The Balaban J connectivity index is 1.52. The SMILES string of the molecule is O=C1OC(=O)C2C1[C@H]1C[C@@H]2C2C1N2S(=O)(=O)c1ccccc1. The Hall–Kier alpha value is -1.73. The molecule has 1 aromatic carbocycles. The summed E-state index contributed by atoms with van der Waals surface area (Å²) in [6, 6.07) is 8.01. The van der Waals surface area contributed by atoms with Gasteiger partial charge < -0.3 is 4.74 Å². The second-order valence-corrected chi connectivity index (χ2v) is 8.33. The van der Waals surface area contributed by atoms with Crippen LogP contribution in [-0.4, -0.2) is 36.7 Å². The second-order valence-electron chi connectivity index (χ2n) is 6.48. The van der Waals surface area contributed by atoms with Crippen LogP contribution < -0.4 is 0 Å². The summed E-state index contributed by atoms with van der Waals surface area (Å²) in [5.41, 5.74) is 0. The highest BCUT2D eigenvalue weighted by Crippen LogP contribution is 2.66. The Labute approximate surface area is 127 Å². The van der Waals surface area contributed by atoms with Crippen LogP contribution in [0.25, 0.3) is 0 Å². The topological polar surface area (TPSA) is 80.5 Å². The maximum atomic E-state index is 12.7. The number of benzene rings is 1. The van der Waals surface area contributed by atoms with Crippen LogP contribution in [0.15, 0.2) is 35.2 Å². The van der Waals surface area contributed by atoms with Crippen molar-refractivity contribution in [3.8, 4) is 0 Å². The van der Waals surface area contributed by atoms with Gasteiger partial charge in [0.05, 0.1) is 16.7 Å². The van der Waals surface area contributed by atoms with Gasteiger partial charge in [-0.05, 0) is 30.4 Å². The van der Waals surface area contributed by atoms with E-state index in [-0.39, 0.29) is 28.8 Å². The molecule has 1 aromatic rings. The summed E-state index contributed by atoms with van der Waals surface area (Å²) >= 11 is 0. The quantitative estimate of drug-likeness (QED) is 0.448. The zero-order chi connectivity index (χ0) is 15.2. The first-order valence-corrected chi connectivity index (χ1v) is 8.80. The summed E-state index contributed by atoms with van der Waals surface area (Å²) < 4.78 is 31.7. The van der Waals surface area contributed by atoms with E-state index in [2.05, 4.69) is 0 Å². The largest absolute Gasteiger partial charge is 0.393 e. The van der Waals surface area contributed by atoms with Crippen molar-refractivity contribution in [1.82, 2.24) is 4.31 Å².